The lowest BCUT2D eigenvalue weighted by Crippen LogP contribution is -2.49. The van der Waals surface area contributed by atoms with Crippen LogP contribution in [0.1, 0.15) is 249 Å². The number of quaternary nitrogens is 2. The van der Waals surface area contributed by atoms with E-state index in [1.165, 1.54) is 17.3 Å². The third-order valence-electron chi connectivity index (χ3n) is 21.4. The first-order chi connectivity index (χ1) is 59.3. The van der Waals surface area contributed by atoms with Crippen LogP contribution in [-0.4, -0.2) is 219 Å². The highest BCUT2D eigenvalue weighted by Gasteiger charge is 2.38. The van der Waals surface area contributed by atoms with Gasteiger partial charge in [0, 0.05) is 162 Å². The van der Waals surface area contributed by atoms with E-state index < -0.39 is 24.5 Å². The molecule has 2 atom stereocenters. The Kier molecular flexibility index (Phi) is 46.6. The molecule has 672 valence electrons. The van der Waals surface area contributed by atoms with Gasteiger partial charge in [0.1, 0.15) is 31.8 Å². The minimum Gasteiger partial charge on any atom is -0.389 e. The largest absolute Gasteiger partial charge is 0.389 e. The highest BCUT2D eigenvalue weighted by atomic mass is 16.3. The van der Waals surface area contributed by atoms with Crippen molar-refractivity contribution in [3.8, 4) is 24.7 Å². The fraction of sp³-hybridized carbons (Fsp3) is 0.553. The molecule has 2 heterocycles. The van der Waals surface area contributed by atoms with Gasteiger partial charge in [0.2, 0.25) is 46.8 Å². The predicted octanol–water partition coefficient (Wildman–Crippen LogP) is 11.7. The van der Waals surface area contributed by atoms with Crippen LogP contribution < -0.4 is 32.0 Å². The molecular formula is C94H134N16O14+2. The number of anilines is 2. The number of aliphatic hydroxyl groups excluding tert-OH is 2. The summed E-state index contributed by atoms with van der Waals surface area (Å²) in [5, 5.41) is 57.4. The van der Waals surface area contributed by atoms with Crippen molar-refractivity contribution < 1.29 is 76.7 Å². The van der Waals surface area contributed by atoms with Crippen LogP contribution in [0, 0.1) is 24.7 Å². The maximum Gasteiger partial charge on any atom is 0.271 e. The lowest BCUT2D eigenvalue weighted by molar-refractivity contribution is -0.886. The van der Waals surface area contributed by atoms with Crippen LogP contribution in [0.3, 0.4) is 0 Å². The van der Waals surface area contributed by atoms with Crippen molar-refractivity contribution in [2.45, 2.75) is 243 Å². The predicted molar refractivity (Wildman–Crippen MR) is 480 cm³/mol. The number of benzene rings is 4. The minimum atomic E-state index is -0.521. The zero-order valence-corrected chi connectivity index (χ0v) is 74.3. The van der Waals surface area contributed by atoms with Crippen molar-refractivity contribution in [1.29, 1.82) is 0 Å². The number of ketones is 4. The number of hydrazone groups is 2. The molecule has 0 saturated heterocycles. The highest BCUT2D eigenvalue weighted by Crippen LogP contribution is 2.39. The van der Waals surface area contributed by atoms with Gasteiger partial charge < -0.3 is 50.7 Å². The number of terminal acetylenes is 2. The Balaban J connectivity index is 0.000000440. The van der Waals surface area contributed by atoms with Gasteiger partial charge in [-0.25, -0.2) is 10.4 Å². The smallest absolute Gasteiger partial charge is 0.271 e. The molecule has 0 bridgehead atoms. The third-order valence-corrected chi connectivity index (χ3v) is 21.4. The number of aryl methyl sites for hydroxylation is 2. The fourth-order valence-electron chi connectivity index (χ4n) is 13.8. The normalized spacial score (nSPS) is 13.2. The zero-order chi connectivity index (χ0) is 90.8. The molecule has 8 N–H and O–H groups in total. The molecule has 30 heteroatoms. The second-order valence-corrected chi connectivity index (χ2v) is 33.7. The van der Waals surface area contributed by atoms with Crippen LogP contribution in [0.4, 0.5) is 11.4 Å². The Hall–Kier alpha value is -11.2. The van der Waals surface area contributed by atoms with E-state index in [0.717, 1.165) is 167 Å². The van der Waals surface area contributed by atoms with E-state index in [1.54, 1.807) is 36.4 Å². The van der Waals surface area contributed by atoms with Gasteiger partial charge in [-0.3, -0.25) is 57.5 Å². The number of unbranched alkanes of at least 4 members (excludes halogenated alkanes) is 10. The lowest BCUT2D eigenvalue weighted by atomic mass is 9.97. The summed E-state index contributed by atoms with van der Waals surface area (Å²) in [6.07, 6.45) is 33.1. The Labute approximate surface area is 732 Å². The molecule has 0 aromatic heterocycles. The molecule has 0 fully saturated rings. The number of Topliss-reactive ketones (excluding diaryl/α,β-unsaturated/α-hetero) is 4. The van der Waals surface area contributed by atoms with Crippen LogP contribution >= 0.6 is 0 Å². The molecule has 0 aliphatic carbocycles. The van der Waals surface area contributed by atoms with Gasteiger partial charge >= 0.3 is 0 Å². The SMILES string of the molecule is C#CCCC(=O)N(CC(=O)NCCCCC[C@H](C(=O)CCCc1ccc(NC(=O)CCCCCCC(=O)CO)cc1)[N+](C)(C)C)/N=C/CCNC(=O)c1ccc(C2(C)N=N2)cc1.C#CCCC(=O)N(CC/C=N/NC(=O)c1ccc(C2(C)N=N2)cc1)CC(=O)NCCCCC[C@H](C(=O)CCCc1ccc(NC(=O)CCCCCCC(=O)CO)cc1)[N+](C)(C)C. The number of aliphatic hydroxyl groups is 2. The van der Waals surface area contributed by atoms with Crippen molar-refractivity contribution in [1.82, 2.24) is 31.3 Å². The van der Waals surface area contributed by atoms with E-state index in [4.69, 9.17) is 23.1 Å². The van der Waals surface area contributed by atoms with Gasteiger partial charge in [0.25, 0.3) is 11.8 Å². The molecule has 0 spiro atoms. The molecule has 0 unspecified atom stereocenters. The van der Waals surface area contributed by atoms with Crippen molar-refractivity contribution in [3.05, 3.63) is 130 Å². The topological polar surface area (TPSA) is 398 Å². The number of nitrogens with zero attached hydrogens (tertiary/aromatic N) is 10. The zero-order valence-electron chi connectivity index (χ0n) is 74.3. The number of likely N-dealkylation sites (N-methyl/N-ethyl adjacent to an activating group) is 2. The number of hydrogen-bond acceptors (Lipinski definition) is 20. The van der Waals surface area contributed by atoms with Crippen LogP contribution in [0.2, 0.25) is 0 Å². The van der Waals surface area contributed by atoms with Gasteiger partial charge in [-0.05, 0) is 151 Å². The van der Waals surface area contributed by atoms with Gasteiger partial charge in [-0.15, -0.1) is 24.7 Å². The van der Waals surface area contributed by atoms with E-state index in [1.807, 2.05) is 117 Å². The number of hydrogen-bond donors (Lipinski definition) is 8. The number of nitrogens with one attached hydrogen (secondary N) is 6. The fourth-order valence-corrected chi connectivity index (χ4v) is 13.8. The second-order valence-electron chi connectivity index (χ2n) is 33.7. The van der Waals surface area contributed by atoms with E-state index >= 15 is 0 Å². The molecule has 2 aliphatic heterocycles. The van der Waals surface area contributed by atoms with E-state index in [2.05, 4.69) is 74.5 Å². The quantitative estimate of drug-likeness (QED) is 0.00670. The molecule has 2 aliphatic rings. The summed E-state index contributed by atoms with van der Waals surface area (Å²) in [5.74, 6) is 3.12. The summed E-state index contributed by atoms with van der Waals surface area (Å²) in [6.45, 7) is 3.97. The molecule has 4 aromatic rings. The number of carbonyl (C=O) groups excluding carboxylic acids is 12. The van der Waals surface area contributed by atoms with Crippen molar-refractivity contribution in [2.75, 3.05) is 105 Å². The van der Waals surface area contributed by atoms with Crippen LogP contribution in [-0.2, 0) is 72.1 Å². The number of amides is 8. The molecule has 0 saturated carbocycles. The number of rotatable bonds is 62. The Morgan fingerprint density at radius 1 is 0.444 bits per heavy atom. The minimum absolute atomic E-state index is 0.0474. The maximum absolute atomic E-state index is 13.4. The van der Waals surface area contributed by atoms with Crippen molar-refractivity contribution >= 4 is 94.2 Å². The molecule has 4 aromatic carbocycles. The summed E-state index contributed by atoms with van der Waals surface area (Å²) in [6, 6.07) is 29.2. The summed E-state index contributed by atoms with van der Waals surface area (Å²) in [7, 11) is 12.2. The first-order valence-corrected chi connectivity index (χ1v) is 43.7. The lowest BCUT2D eigenvalue weighted by Gasteiger charge is -2.33. The van der Waals surface area contributed by atoms with Crippen molar-refractivity contribution in [2.24, 2.45) is 30.7 Å². The van der Waals surface area contributed by atoms with E-state index in [9.17, 15) is 57.5 Å². The van der Waals surface area contributed by atoms with E-state index in [-0.39, 0.29) is 134 Å². The van der Waals surface area contributed by atoms with E-state index in [0.29, 0.717) is 84.5 Å². The van der Waals surface area contributed by atoms with Crippen LogP contribution in [0.25, 0.3) is 0 Å². The Bertz CT molecular complexity index is 4300. The van der Waals surface area contributed by atoms with Gasteiger partial charge in [-0.1, -0.05) is 87.1 Å². The summed E-state index contributed by atoms with van der Waals surface area (Å²) < 4.78 is 1.07. The first-order valence-electron chi connectivity index (χ1n) is 43.7. The second kappa shape index (κ2) is 55.8. The molecule has 30 nitrogen and oxygen atoms in total. The molecule has 0 radical (unpaired) electrons. The Morgan fingerprint density at radius 3 is 1.27 bits per heavy atom. The first kappa shape index (κ1) is 103. The average molecular weight is 1710 g/mol. The van der Waals surface area contributed by atoms with Gasteiger partial charge in [-0.2, -0.15) is 30.7 Å². The van der Waals surface area contributed by atoms with Gasteiger partial charge in [0.15, 0.2) is 23.1 Å². The standard InChI is InChI=1S/2C47H66N8O7/c1-6-7-22-45(61)54(33-16-32-49-51-46(62)37-25-27-38(28-26-37)47(2)52-53-47)34-44(60)48-31-14-10-12-19-41(55(3,4)5)42(58)20-15-17-36-23-29-39(30-24-36)50-43(59)21-13-9-8-11-18-40(57)35-56;1-6-7-22-45(61)54(50-33-16-32-49-46(62)37-25-27-38(28-26-37)47(2)52-53-47)34-44(60)48-31-14-10-12-19-41(55(3,4)5)42(58)20-15-17-36-23-29-39(30-24-36)51-43(59)21-13-9-8-11-18-40(57)35-56/h1,23-30,32,41,56H,7-22,31,33-35H2,2-5H3,(H2-,48,50,51,59,60,62);1,23-30,33,41,56H,7-22,31-32,34-35H2,2-5H3,(H2-,48,49,51,59,60,62)/p+2/b49-32+;50-33+/t2*41-/m11/s1. The third kappa shape index (κ3) is 41.8. The van der Waals surface area contributed by atoms with Crippen LogP contribution in [0.5, 0.6) is 0 Å². The Morgan fingerprint density at radius 2 is 0.855 bits per heavy atom. The average Bonchev–Trinajstić information content (AvgIpc) is 1.64. The monoisotopic (exact) mass is 1710 g/mol. The molecule has 124 heavy (non-hydrogen) atoms. The molecular weight excluding hydrogens is 1580 g/mol. The van der Waals surface area contributed by atoms with Gasteiger partial charge in [0.05, 0.1) is 48.8 Å². The number of carbonyl (C=O) groups is 12. The summed E-state index contributed by atoms with van der Waals surface area (Å²) >= 11 is 0. The highest BCUT2D eigenvalue weighted by molar-refractivity contribution is 5.96. The summed E-state index contributed by atoms with van der Waals surface area (Å²) in [4.78, 5) is 152. The summed E-state index contributed by atoms with van der Waals surface area (Å²) in [5.41, 5.74) is 7.87. The van der Waals surface area contributed by atoms with Crippen molar-refractivity contribution in [3.63, 3.8) is 0 Å². The van der Waals surface area contributed by atoms with Crippen LogP contribution in [0.15, 0.2) is 128 Å². The molecule has 8 amide bonds. The maximum atomic E-state index is 13.4. The molecule has 6 rings (SSSR count).